The zero-order valence-corrected chi connectivity index (χ0v) is 19.7. The zero-order valence-electron chi connectivity index (χ0n) is 19.7. The van der Waals surface area contributed by atoms with Gasteiger partial charge in [0.25, 0.3) is 0 Å². The lowest BCUT2D eigenvalue weighted by atomic mass is 9.70. The molecule has 182 valence electrons. The van der Waals surface area contributed by atoms with E-state index in [1.165, 1.54) is 24.3 Å². The Balaban J connectivity index is 1.77. The number of alkyl halides is 3. The predicted molar refractivity (Wildman–Crippen MR) is 125 cm³/mol. The Kier molecular flexibility index (Phi) is 5.99. The number of anilines is 2. The number of imidazole rings is 1. The van der Waals surface area contributed by atoms with Gasteiger partial charge in [-0.25, -0.2) is 4.98 Å². The molecule has 1 saturated carbocycles. The standard InChI is InChI=1S/C25H29F3N4O2/c1-14-9-17(13-24(3,4)12-14)32-21-10-15(2)19(22(29)33)11-20(21)31-23(32)30-16-5-7-18(8-6-16)34-25(26,27)28/h5-8,10-11,14,17H,9,12-13H2,1-4H3,(H2,29,33)(H,30,31). The van der Waals surface area contributed by atoms with Crippen molar-refractivity contribution >= 4 is 28.6 Å². The van der Waals surface area contributed by atoms with Gasteiger partial charge in [-0.05, 0) is 79.5 Å². The van der Waals surface area contributed by atoms with Crippen LogP contribution in [0.1, 0.15) is 62.0 Å². The second-order valence-corrected chi connectivity index (χ2v) is 10.1. The number of amides is 1. The number of aromatic nitrogens is 2. The summed E-state index contributed by atoms with van der Waals surface area (Å²) >= 11 is 0. The fourth-order valence-corrected chi connectivity index (χ4v) is 5.33. The number of hydrogen-bond acceptors (Lipinski definition) is 4. The molecule has 2 atom stereocenters. The van der Waals surface area contributed by atoms with Crippen LogP contribution in [-0.4, -0.2) is 21.8 Å². The minimum Gasteiger partial charge on any atom is -0.406 e. The van der Waals surface area contributed by atoms with Gasteiger partial charge in [-0.3, -0.25) is 4.79 Å². The molecule has 0 radical (unpaired) electrons. The van der Waals surface area contributed by atoms with Gasteiger partial charge in [0.05, 0.1) is 11.0 Å². The number of nitrogens with zero attached hydrogens (tertiary/aromatic N) is 2. The molecule has 3 aromatic rings. The van der Waals surface area contributed by atoms with Gasteiger partial charge in [0.1, 0.15) is 5.75 Å². The molecule has 3 N–H and O–H groups in total. The van der Waals surface area contributed by atoms with Crippen molar-refractivity contribution in [2.24, 2.45) is 17.1 Å². The average molecular weight is 475 g/mol. The second kappa shape index (κ2) is 8.52. The molecule has 0 bridgehead atoms. The Bertz CT molecular complexity index is 1220. The maximum absolute atomic E-state index is 12.5. The number of rotatable bonds is 5. The van der Waals surface area contributed by atoms with Crippen molar-refractivity contribution in [3.63, 3.8) is 0 Å². The van der Waals surface area contributed by atoms with E-state index in [1.54, 1.807) is 6.07 Å². The van der Waals surface area contributed by atoms with Crippen LogP contribution in [0.5, 0.6) is 5.75 Å². The summed E-state index contributed by atoms with van der Waals surface area (Å²) in [5.74, 6) is 0.270. The zero-order chi connectivity index (χ0) is 24.8. The van der Waals surface area contributed by atoms with Crippen LogP contribution >= 0.6 is 0 Å². The van der Waals surface area contributed by atoms with E-state index in [0.717, 1.165) is 30.3 Å². The Hall–Kier alpha value is -3.23. The lowest BCUT2D eigenvalue weighted by Gasteiger charge is -2.40. The van der Waals surface area contributed by atoms with E-state index in [9.17, 15) is 18.0 Å². The monoisotopic (exact) mass is 474 g/mol. The third-order valence-corrected chi connectivity index (χ3v) is 6.37. The van der Waals surface area contributed by atoms with Gasteiger partial charge in [-0.15, -0.1) is 13.2 Å². The molecule has 1 heterocycles. The first-order valence-corrected chi connectivity index (χ1v) is 11.3. The van der Waals surface area contributed by atoms with E-state index in [2.05, 4.69) is 35.4 Å². The van der Waals surface area contributed by atoms with Gasteiger partial charge in [0.15, 0.2) is 0 Å². The summed E-state index contributed by atoms with van der Waals surface area (Å²) in [5, 5.41) is 3.26. The maximum atomic E-state index is 12.5. The van der Waals surface area contributed by atoms with E-state index in [-0.39, 0.29) is 17.2 Å². The fourth-order valence-electron chi connectivity index (χ4n) is 5.33. The Morgan fingerprint density at radius 3 is 2.47 bits per heavy atom. The Labute approximate surface area is 196 Å². The Morgan fingerprint density at radius 2 is 1.88 bits per heavy atom. The molecule has 2 unspecified atom stereocenters. The molecule has 0 spiro atoms. The Morgan fingerprint density at radius 1 is 1.21 bits per heavy atom. The highest BCUT2D eigenvalue weighted by Crippen LogP contribution is 2.46. The number of fused-ring (bicyclic) bond motifs is 1. The van der Waals surface area contributed by atoms with Crippen LogP contribution < -0.4 is 15.8 Å². The number of benzene rings is 2. The van der Waals surface area contributed by atoms with Crippen molar-refractivity contribution in [2.75, 3.05) is 5.32 Å². The summed E-state index contributed by atoms with van der Waals surface area (Å²) < 4.78 is 43.6. The smallest absolute Gasteiger partial charge is 0.406 e. The molecule has 1 aliphatic rings. The molecule has 34 heavy (non-hydrogen) atoms. The van der Waals surface area contributed by atoms with Crippen molar-refractivity contribution in [3.05, 3.63) is 47.5 Å². The summed E-state index contributed by atoms with van der Waals surface area (Å²) in [6.45, 7) is 8.61. The number of ether oxygens (including phenoxy) is 1. The molecular weight excluding hydrogens is 445 g/mol. The van der Waals surface area contributed by atoms with Crippen LogP contribution in [-0.2, 0) is 0 Å². The molecule has 1 aliphatic carbocycles. The third kappa shape index (κ3) is 5.13. The molecule has 4 rings (SSSR count). The molecule has 2 aromatic carbocycles. The number of primary amides is 1. The number of nitrogens with two attached hydrogens (primary N) is 1. The van der Waals surface area contributed by atoms with E-state index in [4.69, 9.17) is 10.7 Å². The van der Waals surface area contributed by atoms with Gasteiger partial charge in [-0.2, -0.15) is 0 Å². The predicted octanol–water partition coefficient (Wildman–Crippen LogP) is 6.47. The number of hydrogen-bond donors (Lipinski definition) is 2. The van der Waals surface area contributed by atoms with E-state index >= 15 is 0 Å². The molecule has 0 saturated heterocycles. The molecule has 6 nitrogen and oxygen atoms in total. The quantitative estimate of drug-likeness (QED) is 0.444. The SMILES string of the molecule is Cc1cc2c(cc1C(N)=O)nc(Nc1ccc(OC(F)(F)F)cc1)n2C1CC(C)CC(C)(C)C1. The molecule has 1 fully saturated rings. The lowest BCUT2D eigenvalue weighted by molar-refractivity contribution is -0.274. The first-order chi connectivity index (χ1) is 15.8. The summed E-state index contributed by atoms with van der Waals surface area (Å²) in [6.07, 6.45) is -1.70. The third-order valence-electron chi connectivity index (χ3n) is 6.37. The van der Waals surface area contributed by atoms with Crippen molar-refractivity contribution in [2.45, 2.75) is 59.4 Å². The number of carbonyl (C=O) groups excluding carboxylic acids is 1. The van der Waals surface area contributed by atoms with Gasteiger partial charge >= 0.3 is 6.36 Å². The van der Waals surface area contributed by atoms with Crippen molar-refractivity contribution < 1.29 is 22.7 Å². The van der Waals surface area contributed by atoms with Gasteiger partial charge in [-0.1, -0.05) is 20.8 Å². The van der Waals surface area contributed by atoms with Crippen molar-refractivity contribution in [1.82, 2.24) is 9.55 Å². The largest absolute Gasteiger partial charge is 0.573 e. The number of aryl methyl sites for hydroxylation is 1. The lowest BCUT2D eigenvalue weighted by Crippen LogP contribution is -2.29. The van der Waals surface area contributed by atoms with Crippen LogP contribution in [0.3, 0.4) is 0 Å². The van der Waals surface area contributed by atoms with Crippen LogP contribution in [0.2, 0.25) is 0 Å². The molecule has 1 amide bonds. The second-order valence-electron chi connectivity index (χ2n) is 10.1. The first-order valence-electron chi connectivity index (χ1n) is 11.3. The highest BCUT2D eigenvalue weighted by molar-refractivity contribution is 5.98. The maximum Gasteiger partial charge on any atom is 0.573 e. The normalized spacial score (nSPS) is 20.3. The molecule has 0 aliphatic heterocycles. The minimum atomic E-state index is -4.75. The van der Waals surface area contributed by atoms with Gasteiger partial charge in [0, 0.05) is 17.3 Å². The fraction of sp³-hybridized carbons (Fsp3) is 0.440. The van der Waals surface area contributed by atoms with Crippen LogP contribution in [0.4, 0.5) is 24.8 Å². The minimum absolute atomic E-state index is 0.148. The molecule has 9 heteroatoms. The van der Waals surface area contributed by atoms with Crippen molar-refractivity contribution in [3.8, 4) is 5.75 Å². The number of nitrogens with one attached hydrogen (secondary N) is 1. The summed E-state index contributed by atoms with van der Waals surface area (Å²) in [7, 11) is 0. The van der Waals surface area contributed by atoms with Gasteiger partial charge < -0.3 is 20.4 Å². The van der Waals surface area contributed by atoms with E-state index < -0.39 is 12.3 Å². The highest BCUT2D eigenvalue weighted by atomic mass is 19.4. The number of carbonyl (C=O) groups is 1. The first kappa shape index (κ1) is 23.9. The summed E-state index contributed by atoms with van der Waals surface area (Å²) in [5.41, 5.74) is 8.97. The van der Waals surface area contributed by atoms with Gasteiger partial charge in [0.2, 0.25) is 11.9 Å². The van der Waals surface area contributed by atoms with E-state index in [1.807, 2.05) is 13.0 Å². The highest BCUT2D eigenvalue weighted by Gasteiger charge is 2.35. The average Bonchev–Trinajstić information content (AvgIpc) is 3.02. The van der Waals surface area contributed by atoms with Crippen molar-refractivity contribution in [1.29, 1.82) is 0 Å². The molecule has 1 aromatic heterocycles. The number of halogens is 3. The van der Waals surface area contributed by atoms with Crippen LogP contribution in [0, 0.1) is 18.3 Å². The summed E-state index contributed by atoms with van der Waals surface area (Å²) in [6, 6.07) is 9.33. The summed E-state index contributed by atoms with van der Waals surface area (Å²) in [4.78, 5) is 16.6. The van der Waals surface area contributed by atoms with E-state index in [0.29, 0.717) is 28.6 Å². The topological polar surface area (TPSA) is 82.2 Å². The van der Waals surface area contributed by atoms with Crippen LogP contribution in [0.25, 0.3) is 11.0 Å². The molecular formula is C25H29F3N4O2. The van der Waals surface area contributed by atoms with Crippen LogP contribution in [0.15, 0.2) is 36.4 Å².